The monoisotopic (exact) mass is 265 g/mol. The van der Waals surface area contributed by atoms with Gasteiger partial charge in [0.15, 0.2) is 0 Å². The number of nitrogens with zero attached hydrogens (tertiary/aromatic N) is 1. The molecule has 110 valence electrons. The predicted octanol–water partition coefficient (Wildman–Crippen LogP) is 3.61. The van der Waals surface area contributed by atoms with Gasteiger partial charge in [0, 0.05) is 25.4 Å². The molecule has 2 aliphatic rings. The number of carbonyl (C=O) groups excluding carboxylic acids is 1. The molecule has 0 aromatic carbocycles. The second-order valence-electron chi connectivity index (χ2n) is 7.44. The van der Waals surface area contributed by atoms with Crippen LogP contribution in [0.4, 0.5) is 0 Å². The highest BCUT2D eigenvalue weighted by Crippen LogP contribution is 2.33. The first kappa shape index (κ1) is 15.0. The maximum absolute atomic E-state index is 12.2. The van der Waals surface area contributed by atoms with Crippen molar-refractivity contribution in [1.82, 2.24) is 4.90 Å². The summed E-state index contributed by atoms with van der Waals surface area (Å²) >= 11 is 0. The fraction of sp³-hybridized carbons (Fsp3) is 0.941. The molecule has 0 aromatic heterocycles. The minimum absolute atomic E-state index is 0.321. The normalized spacial score (nSPS) is 37.8. The molecule has 1 aliphatic heterocycles. The highest BCUT2D eigenvalue weighted by molar-refractivity contribution is 5.82. The van der Waals surface area contributed by atoms with Gasteiger partial charge in [-0.15, -0.1) is 0 Å². The Morgan fingerprint density at radius 1 is 1.21 bits per heavy atom. The number of piperidine rings is 1. The second-order valence-corrected chi connectivity index (χ2v) is 7.44. The van der Waals surface area contributed by atoms with Crippen LogP contribution in [-0.2, 0) is 4.79 Å². The van der Waals surface area contributed by atoms with Gasteiger partial charge in [-0.2, -0.15) is 0 Å². The Morgan fingerprint density at radius 3 is 2.58 bits per heavy atom. The smallest absolute Gasteiger partial charge is 0.137 e. The first-order valence-electron chi connectivity index (χ1n) is 8.22. The Bertz CT molecular complexity index is 312. The van der Waals surface area contributed by atoms with Crippen molar-refractivity contribution in [3.05, 3.63) is 0 Å². The third-order valence-corrected chi connectivity index (χ3v) is 5.64. The van der Waals surface area contributed by atoms with Crippen LogP contribution < -0.4 is 0 Å². The standard InChI is InChI=1S/C17H31NO/c1-12(2)15-5-6-17(19)16(9-15)11-18-8-7-13(3)14(4)10-18/h12-16H,5-11H2,1-4H3. The first-order valence-corrected chi connectivity index (χ1v) is 8.22. The summed E-state index contributed by atoms with van der Waals surface area (Å²) in [6.45, 7) is 12.8. The molecule has 0 aromatic rings. The Labute approximate surface area is 118 Å². The summed E-state index contributed by atoms with van der Waals surface area (Å²) in [6, 6.07) is 0. The Kier molecular flexibility index (Phi) is 5.05. The van der Waals surface area contributed by atoms with E-state index in [0.29, 0.717) is 11.7 Å². The van der Waals surface area contributed by atoms with Crippen LogP contribution in [0.1, 0.15) is 53.4 Å². The van der Waals surface area contributed by atoms with Gasteiger partial charge in [0.2, 0.25) is 0 Å². The van der Waals surface area contributed by atoms with Crippen LogP contribution in [0.25, 0.3) is 0 Å². The van der Waals surface area contributed by atoms with Gasteiger partial charge in [-0.05, 0) is 49.5 Å². The van der Waals surface area contributed by atoms with Gasteiger partial charge < -0.3 is 4.90 Å². The lowest BCUT2D eigenvalue weighted by atomic mass is 9.75. The van der Waals surface area contributed by atoms with E-state index in [9.17, 15) is 4.79 Å². The van der Waals surface area contributed by atoms with Gasteiger partial charge in [-0.25, -0.2) is 0 Å². The maximum atomic E-state index is 12.2. The Hall–Kier alpha value is -0.370. The van der Waals surface area contributed by atoms with Crippen molar-refractivity contribution in [2.45, 2.75) is 53.4 Å². The average molecular weight is 265 g/mol. The van der Waals surface area contributed by atoms with Crippen LogP contribution in [0.15, 0.2) is 0 Å². The molecule has 4 atom stereocenters. The van der Waals surface area contributed by atoms with E-state index in [1.165, 1.54) is 19.5 Å². The second kappa shape index (κ2) is 6.39. The van der Waals surface area contributed by atoms with Crippen molar-refractivity contribution in [3.8, 4) is 0 Å². The first-order chi connectivity index (χ1) is 8.97. The van der Waals surface area contributed by atoms with Crippen molar-refractivity contribution < 1.29 is 4.79 Å². The predicted molar refractivity (Wildman–Crippen MR) is 80.1 cm³/mol. The fourth-order valence-electron chi connectivity index (χ4n) is 3.76. The molecule has 0 amide bonds. The van der Waals surface area contributed by atoms with E-state index in [2.05, 4.69) is 32.6 Å². The van der Waals surface area contributed by atoms with Crippen LogP contribution in [0.2, 0.25) is 0 Å². The minimum atomic E-state index is 0.321. The van der Waals surface area contributed by atoms with E-state index in [1.807, 2.05) is 0 Å². The van der Waals surface area contributed by atoms with E-state index in [0.717, 1.165) is 49.5 Å². The van der Waals surface area contributed by atoms with Gasteiger partial charge in [0.05, 0.1) is 0 Å². The summed E-state index contributed by atoms with van der Waals surface area (Å²) < 4.78 is 0. The number of hydrogen-bond acceptors (Lipinski definition) is 2. The Balaban J connectivity index is 1.88. The molecule has 1 saturated heterocycles. The van der Waals surface area contributed by atoms with E-state index in [-0.39, 0.29) is 0 Å². The summed E-state index contributed by atoms with van der Waals surface area (Å²) in [4.78, 5) is 14.7. The molecular weight excluding hydrogens is 234 g/mol. The zero-order chi connectivity index (χ0) is 14.0. The number of Topliss-reactive ketones (excluding diaryl/α,β-unsaturated/α-hetero) is 1. The summed E-state index contributed by atoms with van der Waals surface area (Å²) in [7, 11) is 0. The highest BCUT2D eigenvalue weighted by atomic mass is 16.1. The lowest BCUT2D eigenvalue weighted by Crippen LogP contribution is -2.43. The van der Waals surface area contributed by atoms with Crippen molar-refractivity contribution >= 4 is 5.78 Å². The summed E-state index contributed by atoms with van der Waals surface area (Å²) in [5.74, 6) is 3.99. The van der Waals surface area contributed by atoms with Crippen molar-refractivity contribution in [2.24, 2.45) is 29.6 Å². The molecule has 0 radical (unpaired) electrons. The molecule has 2 heteroatoms. The number of ketones is 1. The van der Waals surface area contributed by atoms with Crippen LogP contribution >= 0.6 is 0 Å². The fourth-order valence-corrected chi connectivity index (χ4v) is 3.76. The van der Waals surface area contributed by atoms with Crippen LogP contribution in [0.5, 0.6) is 0 Å². The number of rotatable bonds is 3. The molecule has 2 fully saturated rings. The topological polar surface area (TPSA) is 20.3 Å². The van der Waals surface area contributed by atoms with E-state index in [4.69, 9.17) is 0 Å². The minimum Gasteiger partial charge on any atom is -0.302 e. The number of hydrogen-bond donors (Lipinski definition) is 0. The molecule has 0 bridgehead atoms. The van der Waals surface area contributed by atoms with Crippen LogP contribution in [0.3, 0.4) is 0 Å². The molecular formula is C17H31NO. The van der Waals surface area contributed by atoms with Gasteiger partial charge >= 0.3 is 0 Å². The molecule has 2 nitrogen and oxygen atoms in total. The van der Waals surface area contributed by atoms with E-state index < -0.39 is 0 Å². The van der Waals surface area contributed by atoms with Gasteiger partial charge in [-0.3, -0.25) is 4.79 Å². The maximum Gasteiger partial charge on any atom is 0.137 e. The average Bonchev–Trinajstić information content (AvgIpc) is 2.36. The highest BCUT2D eigenvalue weighted by Gasteiger charge is 2.32. The third-order valence-electron chi connectivity index (χ3n) is 5.64. The van der Waals surface area contributed by atoms with E-state index >= 15 is 0 Å². The van der Waals surface area contributed by atoms with Gasteiger partial charge in [-0.1, -0.05) is 27.7 Å². The molecule has 4 unspecified atom stereocenters. The zero-order valence-electron chi connectivity index (χ0n) is 13.2. The Morgan fingerprint density at radius 2 is 1.95 bits per heavy atom. The molecule has 19 heavy (non-hydrogen) atoms. The van der Waals surface area contributed by atoms with Crippen molar-refractivity contribution in [3.63, 3.8) is 0 Å². The molecule has 2 rings (SSSR count). The lowest BCUT2D eigenvalue weighted by molar-refractivity contribution is -0.127. The zero-order valence-corrected chi connectivity index (χ0v) is 13.2. The summed E-state index contributed by atoms with van der Waals surface area (Å²) in [5, 5.41) is 0. The number of carbonyl (C=O) groups is 1. The van der Waals surface area contributed by atoms with Crippen molar-refractivity contribution in [2.75, 3.05) is 19.6 Å². The molecule has 0 N–H and O–H groups in total. The summed E-state index contributed by atoms with van der Waals surface area (Å²) in [6.07, 6.45) is 4.39. The third kappa shape index (κ3) is 3.81. The van der Waals surface area contributed by atoms with Crippen LogP contribution in [0, 0.1) is 29.6 Å². The van der Waals surface area contributed by atoms with Crippen molar-refractivity contribution in [1.29, 1.82) is 0 Å². The molecule has 1 saturated carbocycles. The number of likely N-dealkylation sites (tertiary alicyclic amines) is 1. The SMILES string of the molecule is CC(C)C1CCC(=O)C(CN2CCC(C)C(C)C2)C1. The van der Waals surface area contributed by atoms with Gasteiger partial charge in [0.25, 0.3) is 0 Å². The lowest BCUT2D eigenvalue weighted by Gasteiger charge is -2.39. The largest absolute Gasteiger partial charge is 0.302 e. The molecule has 1 heterocycles. The summed E-state index contributed by atoms with van der Waals surface area (Å²) in [5.41, 5.74) is 0. The van der Waals surface area contributed by atoms with Gasteiger partial charge in [0.1, 0.15) is 5.78 Å². The quantitative estimate of drug-likeness (QED) is 0.777. The van der Waals surface area contributed by atoms with E-state index in [1.54, 1.807) is 0 Å². The molecule has 0 spiro atoms. The molecule has 1 aliphatic carbocycles. The van der Waals surface area contributed by atoms with Crippen LogP contribution in [-0.4, -0.2) is 30.3 Å².